The van der Waals surface area contributed by atoms with Crippen LogP contribution in [0.5, 0.6) is 11.6 Å². The number of benzene rings is 1. The molecular formula is C20H27N5O7S. The van der Waals surface area contributed by atoms with Gasteiger partial charge in [0, 0.05) is 44.4 Å². The van der Waals surface area contributed by atoms with Crippen LogP contribution in [0.3, 0.4) is 0 Å². The largest absolute Gasteiger partial charge is 0.438 e. The van der Waals surface area contributed by atoms with Gasteiger partial charge in [0.25, 0.3) is 11.6 Å². The van der Waals surface area contributed by atoms with E-state index in [2.05, 4.69) is 15.1 Å². The van der Waals surface area contributed by atoms with Crippen LogP contribution in [-0.4, -0.2) is 54.8 Å². The van der Waals surface area contributed by atoms with Gasteiger partial charge in [0.1, 0.15) is 10.6 Å². The van der Waals surface area contributed by atoms with Crippen molar-refractivity contribution in [1.29, 1.82) is 0 Å². The third-order valence-electron chi connectivity index (χ3n) is 5.13. The second kappa shape index (κ2) is 10.3. The molecule has 0 bridgehead atoms. The second-order valence-electron chi connectivity index (χ2n) is 7.64. The molecule has 1 aliphatic heterocycles. The summed E-state index contributed by atoms with van der Waals surface area (Å²) in [6, 6.07) is 3.30. The molecule has 1 aromatic heterocycles. The number of sulfonamides is 1. The van der Waals surface area contributed by atoms with Crippen LogP contribution >= 0.6 is 0 Å². The summed E-state index contributed by atoms with van der Waals surface area (Å²) in [6.07, 6.45) is 2.33. The number of ether oxygens (including phenoxy) is 2. The summed E-state index contributed by atoms with van der Waals surface area (Å²) in [4.78, 5) is 22.7. The Kier molecular flexibility index (Phi) is 7.66. The number of nitro benzene ring substituents is 1. The summed E-state index contributed by atoms with van der Waals surface area (Å²) in [6.45, 7) is 4.61. The number of hydrogen-bond donors (Lipinski definition) is 2. The number of amides is 1. The maximum atomic E-state index is 12.8. The van der Waals surface area contributed by atoms with Crippen LogP contribution in [0.25, 0.3) is 0 Å². The van der Waals surface area contributed by atoms with E-state index in [-0.39, 0.29) is 34.9 Å². The van der Waals surface area contributed by atoms with Crippen molar-refractivity contribution in [1.82, 2.24) is 19.8 Å². The van der Waals surface area contributed by atoms with Crippen molar-refractivity contribution in [3.8, 4) is 11.6 Å². The maximum Gasteiger partial charge on any atom is 0.272 e. The molecule has 0 saturated carbocycles. The van der Waals surface area contributed by atoms with Crippen LogP contribution in [0.1, 0.15) is 42.2 Å². The summed E-state index contributed by atoms with van der Waals surface area (Å²) < 4.78 is 40.6. The standard InChI is InChI=1S/C20H27N5O7S/c1-4-9-22-33(29,30)17-11-14(25(27)28)7-8-16(17)32-20-13(2)18(23-24(20)3)19(26)21-12-15-6-5-10-31-15/h7-8,11,15,22H,4-6,9-10,12H2,1-3H3,(H,21,26). The molecular weight excluding hydrogens is 454 g/mol. The summed E-state index contributed by atoms with van der Waals surface area (Å²) in [5.41, 5.74) is 0.127. The molecule has 12 nitrogen and oxygen atoms in total. The Morgan fingerprint density at radius 1 is 1.42 bits per heavy atom. The lowest BCUT2D eigenvalue weighted by atomic mass is 10.2. The van der Waals surface area contributed by atoms with Crippen molar-refractivity contribution < 1.29 is 27.6 Å². The number of nitro groups is 1. The van der Waals surface area contributed by atoms with Crippen molar-refractivity contribution in [3.05, 3.63) is 39.6 Å². The highest BCUT2D eigenvalue weighted by atomic mass is 32.2. The number of carbonyl (C=O) groups excluding carboxylic acids is 1. The molecule has 2 aromatic rings. The first-order valence-electron chi connectivity index (χ1n) is 10.5. The van der Waals surface area contributed by atoms with Gasteiger partial charge in [0.2, 0.25) is 15.9 Å². The minimum atomic E-state index is -4.08. The zero-order valence-corrected chi connectivity index (χ0v) is 19.5. The Bertz CT molecular complexity index is 1140. The van der Waals surface area contributed by atoms with E-state index in [1.54, 1.807) is 20.9 Å². The zero-order valence-electron chi connectivity index (χ0n) is 18.7. The quantitative estimate of drug-likeness (QED) is 0.386. The number of nitrogens with zero attached hydrogens (tertiary/aromatic N) is 3. The van der Waals surface area contributed by atoms with Crippen molar-refractivity contribution in [2.75, 3.05) is 19.7 Å². The van der Waals surface area contributed by atoms with E-state index in [1.165, 1.54) is 10.7 Å². The first-order chi connectivity index (χ1) is 15.6. The highest BCUT2D eigenvalue weighted by molar-refractivity contribution is 7.89. The molecule has 1 aliphatic rings. The van der Waals surface area contributed by atoms with Crippen LogP contribution in [0, 0.1) is 17.0 Å². The molecule has 13 heteroatoms. The zero-order chi connectivity index (χ0) is 24.2. The second-order valence-corrected chi connectivity index (χ2v) is 9.37. The Morgan fingerprint density at radius 3 is 2.82 bits per heavy atom. The van der Waals surface area contributed by atoms with E-state index in [4.69, 9.17) is 9.47 Å². The van der Waals surface area contributed by atoms with Gasteiger partial charge in [-0.1, -0.05) is 6.92 Å². The Labute approximate surface area is 191 Å². The number of non-ortho nitro benzene ring substituents is 1. The van der Waals surface area contributed by atoms with Crippen LogP contribution < -0.4 is 14.8 Å². The van der Waals surface area contributed by atoms with E-state index in [0.717, 1.165) is 25.0 Å². The number of nitrogens with one attached hydrogen (secondary N) is 2. The average molecular weight is 482 g/mol. The molecule has 2 heterocycles. The minimum Gasteiger partial charge on any atom is -0.438 e. The molecule has 3 rings (SSSR count). The van der Waals surface area contributed by atoms with Crippen molar-refractivity contribution in [3.63, 3.8) is 0 Å². The molecule has 1 atom stereocenters. The summed E-state index contributed by atoms with van der Waals surface area (Å²) >= 11 is 0. The van der Waals surface area contributed by atoms with E-state index in [0.29, 0.717) is 25.1 Å². The first kappa shape index (κ1) is 24.6. The molecule has 2 N–H and O–H groups in total. The summed E-state index contributed by atoms with van der Waals surface area (Å²) in [5, 5.41) is 18.2. The smallest absolute Gasteiger partial charge is 0.272 e. The van der Waals surface area contributed by atoms with Crippen molar-refractivity contribution in [2.45, 2.75) is 44.1 Å². The van der Waals surface area contributed by atoms with E-state index < -0.39 is 26.5 Å². The Hall–Kier alpha value is -3.03. The van der Waals surface area contributed by atoms with Crippen molar-refractivity contribution in [2.24, 2.45) is 7.05 Å². The minimum absolute atomic E-state index is 0.0304. The SMILES string of the molecule is CCCNS(=O)(=O)c1cc([N+](=O)[O-])ccc1Oc1c(C)c(C(=O)NCC2CCCO2)nn1C. The molecule has 180 valence electrons. The number of rotatable bonds is 10. The summed E-state index contributed by atoms with van der Waals surface area (Å²) in [5.74, 6) is -0.394. The molecule has 1 aromatic carbocycles. The average Bonchev–Trinajstić information content (AvgIpc) is 3.40. The molecule has 0 aliphatic carbocycles. The van der Waals surface area contributed by atoms with E-state index in [9.17, 15) is 23.3 Å². The van der Waals surface area contributed by atoms with Crippen LogP contribution in [0.15, 0.2) is 23.1 Å². The predicted octanol–water partition coefficient (Wildman–Crippen LogP) is 2.03. The van der Waals surface area contributed by atoms with E-state index >= 15 is 0 Å². The molecule has 1 fully saturated rings. The van der Waals surface area contributed by atoms with Crippen LogP contribution in [0.4, 0.5) is 5.69 Å². The topological polar surface area (TPSA) is 155 Å². The van der Waals surface area contributed by atoms with Gasteiger partial charge in [-0.25, -0.2) is 17.8 Å². The summed E-state index contributed by atoms with van der Waals surface area (Å²) in [7, 11) is -2.54. The fourth-order valence-electron chi connectivity index (χ4n) is 3.39. The fraction of sp³-hybridized carbons (Fsp3) is 0.500. The molecule has 1 unspecified atom stereocenters. The normalized spacial score (nSPS) is 16.0. The monoisotopic (exact) mass is 481 g/mol. The third-order valence-corrected chi connectivity index (χ3v) is 6.61. The van der Waals surface area contributed by atoms with E-state index in [1.807, 2.05) is 0 Å². The highest BCUT2D eigenvalue weighted by Crippen LogP contribution is 2.34. The lowest BCUT2D eigenvalue weighted by Gasteiger charge is -2.13. The maximum absolute atomic E-state index is 12.8. The van der Waals surface area contributed by atoms with Gasteiger partial charge in [0.15, 0.2) is 5.69 Å². The third kappa shape index (κ3) is 5.67. The lowest BCUT2D eigenvalue weighted by Crippen LogP contribution is -2.32. The predicted molar refractivity (Wildman–Crippen MR) is 118 cm³/mol. The number of aromatic nitrogens is 2. The van der Waals surface area contributed by atoms with Gasteiger partial charge in [-0.15, -0.1) is 0 Å². The van der Waals surface area contributed by atoms with Gasteiger partial charge in [-0.3, -0.25) is 14.9 Å². The molecule has 33 heavy (non-hydrogen) atoms. The fourth-order valence-corrected chi connectivity index (χ4v) is 4.67. The highest BCUT2D eigenvalue weighted by Gasteiger charge is 2.27. The molecule has 1 saturated heterocycles. The van der Waals surface area contributed by atoms with Gasteiger partial charge in [0.05, 0.1) is 11.0 Å². The molecule has 0 spiro atoms. The number of hydrogen-bond acceptors (Lipinski definition) is 8. The Morgan fingerprint density at radius 2 is 2.18 bits per heavy atom. The van der Waals surface area contributed by atoms with Gasteiger partial charge < -0.3 is 14.8 Å². The molecule has 1 amide bonds. The van der Waals surface area contributed by atoms with Gasteiger partial charge >= 0.3 is 0 Å². The van der Waals surface area contributed by atoms with Crippen LogP contribution in [-0.2, 0) is 21.8 Å². The van der Waals surface area contributed by atoms with Crippen LogP contribution in [0.2, 0.25) is 0 Å². The molecule has 0 radical (unpaired) electrons. The van der Waals surface area contributed by atoms with Gasteiger partial charge in [-0.05, 0) is 32.3 Å². The number of aryl methyl sites for hydroxylation is 1. The lowest BCUT2D eigenvalue weighted by molar-refractivity contribution is -0.385. The first-order valence-corrected chi connectivity index (χ1v) is 12.0. The Balaban J connectivity index is 1.89. The van der Waals surface area contributed by atoms with Gasteiger partial charge in [-0.2, -0.15) is 5.10 Å². The van der Waals surface area contributed by atoms with Crippen molar-refractivity contribution >= 4 is 21.6 Å². The number of carbonyl (C=O) groups is 1.